The fraction of sp³-hybridized carbons (Fsp3) is 0.545. The fourth-order valence-corrected chi connectivity index (χ4v) is 1.11. The molecule has 0 aliphatic carbocycles. The molecule has 0 fully saturated rings. The van der Waals surface area contributed by atoms with Gasteiger partial charge in [-0.1, -0.05) is 6.42 Å². The third-order valence-corrected chi connectivity index (χ3v) is 2.01. The summed E-state index contributed by atoms with van der Waals surface area (Å²) in [7, 11) is 1.69. The Morgan fingerprint density at radius 1 is 1.20 bits per heavy atom. The van der Waals surface area contributed by atoms with E-state index in [9.17, 15) is 14.4 Å². The van der Waals surface area contributed by atoms with E-state index in [0.717, 1.165) is 25.5 Å². The van der Waals surface area contributed by atoms with Crippen LogP contribution >= 0.6 is 0 Å². The number of carbonyl (C=O) groups is 3. The number of hydrogen-bond acceptors (Lipinski definition) is 3. The van der Waals surface area contributed by atoms with Crippen LogP contribution in [-0.4, -0.2) is 37.0 Å². The second-order valence-electron chi connectivity index (χ2n) is 3.27. The van der Waals surface area contributed by atoms with Gasteiger partial charge in [-0.3, -0.25) is 9.59 Å². The zero-order valence-corrected chi connectivity index (χ0v) is 9.02. The first-order valence-electron chi connectivity index (χ1n) is 5.03. The van der Waals surface area contributed by atoms with Crippen molar-refractivity contribution >= 4 is 18.5 Å². The zero-order chi connectivity index (χ0) is 11.5. The molecule has 0 aromatic carbocycles. The van der Waals surface area contributed by atoms with Crippen molar-refractivity contribution in [2.45, 2.75) is 25.7 Å². The van der Waals surface area contributed by atoms with Gasteiger partial charge in [0.15, 0.2) is 0 Å². The molecule has 0 bridgehead atoms. The van der Waals surface area contributed by atoms with Crippen LogP contribution < -0.4 is 0 Å². The van der Waals surface area contributed by atoms with Gasteiger partial charge >= 0.3 is 0 Å². The molecule has 84 valence electrons. The smallest absolute Gasteiger partial charge is 0.246 e. The summed E-state index contributed by atoms with van der Waals surface area (Å²) in [5.74, 6) is -0.169. The molecule has 15 heavy (non-hydrogen) atoms. The van der Waals surface area contributed by atoms with Crippen LogP contribution in [0.3, 0.4) is 0 Å². The van der Waals surface area contributed by atoms with E-state index in [1.807, 2.05) is 0 Å². The minimum absolute atomic E-state index is 0.169. The first kappa shape index (κ1) is 13.5. The van der Waals surface area contributed by atoms with Crippen LogP contribution in [0.5, 0.6) is 0 Å². The molecule has 0 saturated carbocycles. The summed E-state index contributed by atoms with van der Waals surface area (Å²) in [5, 5.41) is 0. The van der Waals surface area contributed by atoms with Gasteiger partial charge in [-0.15, -0.1) is 0 Å². The molecule has 4 heteroatoms. The van der Waals surface area contributed by atoms with Crippen molar-refractivity contribution in [1.82, 2.24) is 4.90 Å². The quantitative estimate of drug-likeness (QED) is 0.341. The fourth-order valence-electron chi connectivity index (χ4n) is 1.11. The monoisotopic (exact) mass is 211 g/mol. The third kappa shape index (κ3) is 7.61. The maximum atomic E-state index is 11.2. The number of nitrogens with zero attached hydrogens (tertiary/aromatic N) is 1. The first-order valence-corrected chi connectivity index (χ1v) is 5.03. The highest BCUT2D eigenvalue weighted by Crippen LogP contribution is 1.99. The minimum Gasteiger partial charge on any atom is -0.342 e. The highest BCUT2D eigenvalue weighted by molar-refractivity contribution is 5.90. The summed E-state index contributed by atoms with van der Waals surface area (Å²) in [5.41, 5.74) is 0. The highest BCUT2D eigenvalue weighted by atomic mass is 16.2. The number of allylic oxidation sites excluding steroid dienone is 1. The van der Waals surface area contributed by atoms with Gasteiger partial charge in [-0.05, 0) is 18.9 Å². The molecule has 0 saturated heterocycles. The molecular formula is C11H17NO3. The Morgan fingerprint density at radius 3 is 2.53 bits per heavy atom. The van der Waals surface area contributed by atoms with Crippen molar-refractivity contribution < 1.29 is 14.4 Å². The third-order valence-electron chi connectivity index (χ3n) is 2.01. The Labute approximate surface area is 89.9 Å². The largest absolute Gasteiger partial charge is 0.342 e. The number of carbonyl (C=O) groups excluding carboxylic acids is 3. The van der Waals surface area contributed by atoms with Crippen molar-refractivity contribution in [3.63, 3.8) is 0 Å². The van der Waals surface area contributed by atoms with E-state index in [-0.39, 0.29) is 5.91 Å². The van der Waals surface area contributed by atoms with Gasteiger partial charge in [0.05, 0.1) is 0 Å². The molecule has 0 aromatic rings. The van der Waals surface area contributed by atoms with E-state index < -0.39 is 0 Å². The number of amides is 1. The molecule has 1 amide bonds. The summed E-state index contributed by atoms with van der Waals surface area (Å²) in [6, 6.07) is 0. The maximum Gasteiger partial charge on any atom is 0.246 e. The molecule has 0 heterocycles. The van der Waals surface area contributed by atoms with Gasteiger partial charge in [0, 0.05) is 26.1 Å². The van der Waals surface area contributed by atoms with Crippen LogP contribution in [-0.2, 0) is 14.4 Å². The average molecular weight is 211 g/mol. The molecule has 0 aromatic heterocycles. The molecule has 0 N–H and O–H groups in total. The minimum atomic E-state index is -0.169. The number of hydrogen-bond donors (Lipinski definition) is 0. The summed E-state index contributed by atoms with van der Waals surface area (Å²) >= 11 is 0. The molecule has 0 unspecified atom stereocenters. The Hall–Kier alpha value is -1.45. The molecule has 0 spiro atoms. The van der Waals surface area contributed by atoms with Crippen molar-refractivity contribution in [2.24, 2.45) is 0 Å². The topological polar surface area (TPSA) is 54.5 Å². The van der Waals surface area contributed by atoms with Crippen LogP contribution in [0.1, 0.15) is 25.7 Å². The predicted molar refractivity (Wildman–Crippen MR) is 57.4 cm³/mol. The Bertz CT molecular complexity index is 236. The molecule has 0 radical (unpaired) electrons. The highest BCUT2D eigenvalue weighted by Gasteiger charge is 2.03. The van der Waals surface area contributed by atoms with E-state index in [2.05, 4.69) is 0 Å². The standard InChI is InChI=1S/C11H17NO3/c1-12(11(15)7-6-10-14)8-4-2-3-5-9-13/h6-7,9-10H,2-5,8H2,1H3/b7-6-. The number of rotatable bonds is 8. The number of aldehydes is 2. The normalized spacial score (nSPS) is 10.2. The molecule has 0 aliphatic rings. The SMILES string of the molecule is CN(CCCCCC=O)C(=O)/C=C\C=O. The lowest BCUT2D eigenvalue weighted by Crippen LogP contribution is -2.25. The van der Waals surface area contributed by atoms with Gasteiger partial charge in [-0.2, -0.15) is 0 Å². The molecular weight excluding hydrogens is 194 g/mol. The van der Waals surface area contributed by atoms with Crippen LogP contribution in [0.25, 0.3) is 0 Å². The second kappa shape index (κ2) is 9.12. The van der Waals surface area contributed by atoms with Gasteiger partial charge in [0.25, 0.3) is 0 Å². The van der Waals surface area contributed by atoms with Gasteiger partial charge < -0.3 is 9.69 Å². The maximum absolute atomic E-state index is 11.2. The van der Waals surface area contributed by atoms with Crippen molar-refractivity contribution in [2.75, 3.05) is 13.6 Å². The summed E-state index contributed by atoms with van der Waals surface area (Å²) in [4.78, 5) is 32.8. The molecule has 0 aliphatic heterocycles. The summed E-state index contributed by atoms with van der Waals surface area (Å²) in [6.07, 6.45) is 7.19. The Morgan fingerprint density at radius 2 is 1.93 bits per heavy atom. The summed E-state index contributed by atoms with van der Waals surface area (Å²) < 4.78 is 0. The van der Waals surface area contributed by atoms with Crippen LogP contribution in [0.4, 0.5) is 0 Å². The van der Waals surface area contributed by atoms with Crippen molar-refractivity contribution in [3.8, 4) is 0 Å². The van der Waals surface area contributed by atoms with Crippen molar-refractivity contribution in [3.05, 3.63) is 12.2 Å². The molecule has 4 nitrogen and oxygen atoms in total. The summed E-state index contributed by atoms with van der Waals surface area (Å²) in [6.45, 7) is 0.654. The number of likely N-dealkylation sites (N-methyl/N-ethyl adjacent to an activating group) is 1. The molecule has 0 atom stereocenters. The lowest BCUT2D eigenvalue weighted by atomic mass is 10.2. The van der Waals surface area contributed by atoms with E-state index in [0.29, 0.717) is 19.3 Å². The van der Waals surface area contributed by atoms with Crippen LogP contribution in [0.15, 0.2) is 12.2 Å². The lowest BCUT2D eigenvalue weighted by Gasteiger charge is -2.14. The average Bonchev–Trinajstić information content (AvgIpc) is 2.25. The Balaban J connectivity index is 3.59. The van der Waals surface area contributed by atoms with Crippen LogP contribution in [0.2, 0.25) is 0 Å². The zero-order valence-electron chi connectivity index (χ0n) is 9.02. The number of unbranched alkanes of at least 4 members (excludes halogenated alkanes) is 3. The van der Waals surface area contributed by atoms with E-state index >= 15 is 0 Å². The Kier molecular flexibility index (Phi) is 8.24. The first-order chi connectivity index (χ1) is 7.22. The van der Waals surface area contributed by atoms with Crippen molar-refractivity contribution in [1.29, 1.82) is 0 Å². The van der Waals surface area contributed by atoms with Gasteiger partial charge in [-0.25, -0.2) is 0 Å². The van der Waals surface area contributed by atoms with E-state index in [1.54, 1.807) is 11.9 Å². The van der Waals surface area contributed by atoms with Crippen LogP contribution in [0, 0.1) is 0 Å². The lowest BCUT2D eigenvalue weighted by molar-refractivity contribution is -0.125. The van der Waals surface area contributed by atoms with E-state index in [1.165, 1.54) is 12.2 Å². The predicted octanol–water partition coefficient (Wildman–Crippen LogP) is 0.959. The molecule has 0 rings (SSSR count). The van der Waals surface area contributed by atoms with Gasteiger partial charge in [0.2, 0.25) is 5.91 Å². The van der Waals surface area contributed by atoms with E-state index in [4.69, 9.17) is 0 Å². The van der Waals surface area contributed by atoms with Gasteiger partial charge in [0.1, 0.15) is 12.6 Å². The second-order valence-corrected chi connectivity index (χ2v) is 3.27.